The number of nitrogens with two attached hydrogens (primary N) is 1. The van der Waals surface area contributed by atoms with Crippen LogP contribution in [-0.4, -0.2) is 19.7 Å². The molecule has 7 heteroatoms. The summed E-state index contributed by atoms with van der Waals surface area (Å²) in [5.74, 6) is 0. The smallest absolute Gasteiger partial charge is 0.195 e. The molecule has 0 radical (unpaired) electrons. The van der Waals surface area contributed by atoms with E-state index < -0.39 is 0 Å². The molecule has 18 heavy (non-hydrogen) atoms. The number of nitrogen functional groups attached to an aromatic ring is 1. The van der Waals surface area contributed by atoms with E-state index in [1.807, 2.05) is 30.7 Å². The number of nitrogens with zero attached hydrogens (tertiary/aromatic N) is 4. The fourth-order valence-corrected chi connectivity index (χ4v) is 3.32. The lowest BCUT2D eigenvalue weighted by molar-refractivity contribution is 0.789. The van der Waals surface area contributed by atoms with Gasteiger partial charge in [0.15, 0.2) is 5.16 Å². The first-order valence-corrected chi connectivity index (χ1v) is 6.95. The van der Waals surface area contributed by atoms with Crippen molar-refractivity contribution in [1.82, 2.24) is 19.7 Å². The highest BCUT2D eigenvalue weighted by Gasteiger charge is 2.10. The number of hydrogen-bond donors (Lipinski definition) is 1. The Hall–Kier alpha value is -1.60. The van der Waals surface area contributed by atoms with E-state index in [2.05, 4.69) is 15.2 Å². The maximum absolute atomic E-state index is 6.06. The molecule has 0 aliphatic heterocycles. The number of benzene rings is 1. The molecular formula is C11H11N5S2. The van der Waals surface area contributed by atoms with Crippen molar-refractivity contribution in [1.29, 1.82) is 0 Å². The maximum Gasteiger partial charge on any atom is 0.195 e. The van der Waals surface area contributed by atoms with E-state index in [0.29, 0.717) is 0 Å². The van der Waals surface area contributed by atoms with Gasteiger partial charge in [-0.05, 0) is 30.8 Å². The third-order valence-corrected chi connectivity index (χ3v) is 4.56. The minimum Gasteiger partial charge on any atom is -0.398 e. The highest BCUT2D eigenvalue weighted by molar-refractivity contribution is 7.99. The van der Waals surface area contributed by atoms with Gasteiger partial charge in [-0.15, -0.1) is 21.5 Å². The van der Waals surface area contributed by atoms with Crippen LogP contribution < -0.4 is 5.73 Å². The van der Waals surface area contributed by atoms with Crippen LogP contribution in [0.4, 0.5) is 5.69 Å². The van der Waals surface area contributed by atoms with Crippen molar-refractivity contribution in [2.45, 2.75) is 17.0 Å². The molecule has 92 valence electrons. The van der Waals surface area contributed by atoms with Gasteiger partial charge in [0, 0.05) is 17.6 Å². The standard InChI is InChI=1S/C11H11N5S2/c1-6-14-8-4-9(7(12)3-10(8)17-6)18-11-15-13-5-16(11)2/h3-5H,12H2,1-2H3. The largest absolute Gasteiger partial charge is 0.398 e. The van der Waals surface area contributed by atoms with Crippen molar-refractivity contribution in [2.75, 3.05) is 5.73 Å². The summed E-state index contributed by atoms with van der Waals surface area (Å²) >= 11 is 3.15. The Morgan fingerprint density at radius 3 is 2.94 bits per heavy atom. The Bertz CT molecular complexity index is 715. The van der Waals surface area contributed by atoms with E-state index in [4.69, 9.17) is 5.73 Å². The monoisotopic (exact) mass is 277 g/mol. The Morgan fingerprint density at radius 2 is 2.22 bits per heavy atom. The summed E-state index contributed by atoms with van der Waals surface area (Å²) in [6.07, 6.45) is 1.67. The van der Waals surface area contributed by atoms with Crippen molar-refractivity contribution in [3.05, 3.63) is 23.5 Å². The zero-order valence-corrected chi connectivity index (χ0v) is 11.5. The van der Waals surface area contributed by atoms with Crippen molar-refractivity contribution in [3.8, 4) is 0 Å². The van der Waals surface area contributed by atoms with E-state index in [1.165, 1.54) is 11.8 Å². The van der Waals surface area contributed by atoms with E-state index in [9.17, 15) is 0 Å². The number of rotatable bonds is 2. The number of aryl methyl sites for hydroxylation is 2. The summed E-state index contributed by atoms with van der Waals surface area (Å²) < 4.78 is 2.98. The first-order valence-electron chi connectivity index (χ1n) is 5.32. The van der Waals surface area contributed by atoms with Crippen LogP contribution in [0.3, 0.4) is 0 Å². The zero-order valence-electron chi connectivity index (χ0n) is 9.91. The lowest BCUT2D eigenvalue weighted by Gasteiger charge is -2.04. The molecule has 0 aliphatic rings. The molecule has 1 aromatic carbocycles. The second-order valence-corrected chi connectivity index (χ2v) is 6.16. The Labute approximate surface area is 112 Å². The second kappa shape index (κ2) is 4.25. The average molecular weight is 277 g/mol. The highest BCUT2D eigenvalue weighted by atomic mass is 32.2. The fraction of sp³-hybridized carbons (Fsp3) is 0.182. The molecule has 0 saturated heterocycles. The van der Waals surface area contributed by atoms with Crippen LogP contribution in [0.1, 0.15) is 5.01 Å². The molecule has 0 amide bonds. The SMILES string of the molecule is Cc1nc2cc(Sc3nncn3C)c(N)cc2s1. The van der Waals surface area contributed by atoms with Crippen molar-refractivity contribution in [3.63, 3.8) is 0 Å². The normalized spacial score (nSPS) is 11.2. The third kappa shape index (κ3) is 1.95. The predicted molar refractivity (Wildman–Crippen MR) is 73.9 cm³/mol. The second-order valence-electron chi connectivity index (χ2n) is 3.92. The zero-order chi connectivity index (χ0) is 12.7. The minimum atomic E-state index is 0.749. The summed E-state index contributed by atoms with van der Waals surface area (Å²) in [5, 5.41) is 9.75. The van der Waals surface area contributed by atoms with Gasteiger partial charge >= 0.3 is 0 Å². The van der Waals surface area contributed by atoms with Gasteiger partial charge in [0.25, 0.3) is 0 Å². The molecule has 3 aromatic rings. The molecule has 5 nitrogen and oxygen atoms in total. The van der Waals surface area contributed by atoms with Crippen molar-refractivity contribution in [2.24, 2.45) is 7.05 Å². The first-order chi connectivity index (χ1) is 8.63. The summed E-state index contributed by atoms with van der Waals surface area (Å²) in [6.45, 7) is 2.00. The fourth-order valence-electron chi connectivity index (χ4n) is 1.64. The van der Waals surface area contributed by atoms with Gasteiger partial charge in [-0.25, -0.2) is 4.98 Å². The van der Waals surface area contributed by atoms with Gasteiger partial charge in [0.05, 0.1) is 15.2 Å². The van der Waals surface area contributed by atoms with Gasteiger partial charge in [-0.3, -0.25) is 0 Å². The number of fused-ring (bicyclic) bond motifs is 1. The highest BCUT2D eigenvalue weighted by Crippen LogP contribution is 2.35. The Kier molecular flexibility index (Phi) is 2.71. The van der Waals surface area contributed by atoms with E-state index in [-0.39, 0.29) is 0 Å². The summed E-state index contributed by atoms with van der Waals surface area (Å²) in [5.41, 5.74) is 7.80. The summed E-state index contributed by atoms with van der Waals surface area (Å²) in [6, 6.07) is 3.98. The molecule has 0 spiro atoms. The van der Waals surface area contributed by atoms with Crippen molar-refractivity contribution >= 4 is 39.0 Å². The van der Waals surface area contributed by atoms with Crippen molar-refractivity contribution < 1.29 is 0 Å². The van der Waals surface area contributed by atoms with Crippen LogP contribution in [-0.2, 0) is 7.05 Å². The van der Waals surface area contributed by atoms with Crippen LogP contribution in [0.5, 0.6) is 0 Å². The molecule has 2 heterocycles. The molecule has 0 atom stereocenters. The van der Waals surface area contributed by atoms with Crippen LogP contribution in [0.25, 0.3) is 10.2 Å². The van der Waals surface area contributed by atoms with Gasteiger partial charge in [0.2, 0.25) is 0 Å². The average Bonchev–Trinajstić information content (AvgIpc) is 2.85. The molecule has 0 bridgehead atoms. The molecule has 0 fully saturated rings. The van der Waals surface area contributed by atoms with Crippen LogP contribution in [0.15, 0.2) is 28.5 Å². The lowest BCUT2D eigenvalue weighted by atomic mass is 10.3. The van der Waals surface area contributed by atoms with E-state index in [1.54, 1.807) is 17.7 Å². The van der Waals surface area contributed by atoms with Gasteiger partial charge in [-0.2, -0.15) is 0 Å². The number of aromatic nitrogens is 4. The Morgan fingerprint density at radius 1 is 1.39 bits per heavy atom. The number of thiazole rings is 1. The predicted octanol–water partition coefficient (Wildman–Crippen LogP) is 2.47. The molecule has 3 rings (SSSR count). The van der Waals surface area contributed by atoms with Crippen LogP contribution in [0, 0.1) is 6.92 Å². The molecule has 0 unspecified atom stereocenters. The van der Waals surface area contributed by atoms with E-state index >= 15 is 0 Å². The van der Waals surface area contributed by atoms with Gasteiger partial charge in [0.1, 0.15) is 6.33 Å². The third-order valence-electron chi connectivity index (χ3n) is 2.50. The van der Waals surface area contributed by atoms with Crippen LogP contribution >= 0.6 is 23.1 Å². The molecule has 0 aliphatic carbocycles. The Balaban J connectivity index is 2.06. The molecule has 0 saturated carbocycles. The topological polar surface area (TPSA) is 69.6 Å². The van der Waals surface area contributed by atoms with Gasteiger partial charge < -0.3 is 10.3 Å². The minimum absolute atomic E-state index is 0.749. The number of hydrogen-bond acceptors (Lipinski definition) is 6. The first kappa shape index (κ1) is 11.5. The molecular weight excluding hydrogens is 266 g/mol. The molecule has 2 aromatic heterocycles. The van der Waals surface area contributed by atoms with Crippen LogP contribution in [0.2, 0.25) is 0 Å². The molecule has 2 N–H and O–H groups in total. The summed E-state index contributed by atoms with van der Waals surface area (Å²) in [7, 11) is 1.91. The number of anilines is 1. The maximum atomic E-state index is 6.06. The summed E-state index contributed by atoms with van der Waals surface area (Å²) in [4.78, 5) is 5.44. The quantitative estimate of drug-likeness (QED) is 0.729. The van der Waals surface area contributed by atoms with Gasteiger partial charge in [-0.1, -0.05) is 0 Å². The lowest BCUT2D eigenvalue weighted by Crippen LogP contribution is -1.92. The van der Waals surface area contributed by atoms with E-state index in [0.717, 1.165) is 31.0 Å².